The number of nitrogens with zero attached hydrogens (tertiary/aromatic N) is 2. The van der Waals surface area contributed by atoms with Crippen molar-refractivity contribution in [1.29, 1.82) is 0 Å². The molecule has 3 aromatic rings. The number of aromatic nitrogens is 2. The van der Waals surface area contributed by atoms with E-state index in [1.165, 1.54) is 50.2 Å². The van der Waals surface area contributed by atoms with Gasteiger partial charge < -0.3 is 21.3 Å². The van der Waals surface area contributed by atoms with E-state index in [0.717, 1.165) is 12.8 Å². The number of anilines is 2. The first-order valence-corrected chi connectivity index (χ1v) is 12.9. The average Bonchev–Trinajstić information content (AvgIpc) is 3.36. The minimum atomic E-state index is -3.88. The molecule has 0 bridgehead atoms. The van der Waals surface area contributed by atoms with Gasteiger partial charge in [0, 0.05) is 16.9 Å². The van der Waals surface area contributed by atoms with Crippen molar-refractivity contribution in [3.63, 3.8) is 0 Å². The maximum atomic E-state index is 13.0. The van der Waals surface area contributed by atoms with Crippen LogP contribution >= 0.6 is 0 Å². The van der Waals surface area contributed by atoms with Crippen LogP contribution in [0.3, 0.4) is 0 Å². The van der Waals surface area contributed by atoms with Crippen molar-refractivity contribution in [2.24, 2.45) is 16.9 Å². The number of unbranched alkanes of at least 4 members (excludes halogenated alkanes) is 1. The fourth-order valence-corrected chi connectivity index (χ4v) is 4.17. The first-order chi connectivity index (χ1) is 17.1. The molecule has 1 heterocycles. The quantitative estimate of drug-likeness (QED) is 0.264. The summed E-state index contributed by atoms with van der Waals surface area (Å²) in [5.74, 6) is 0.152. The lowest BCUT2D eigenvalue weighted by Crippen LogP contribution is -2.32. The minimum absolute atomic E-state index is 0.0375. The molecule has 0 fully saturated rings. The predicted molar refractivity (Wildman–Crippen MR) is 135 cm³/mol. The molecule has 0 saturated heterocycles. The number of nitrogens with two attached hydrogens (primary N) is 2. The molecule has 0 saturated carbocycles. The van der Waals surface area contributed by atoms with Crippen molar-refractivity contribution in [3.05, 3.63) is 54.4 Å². The number of benzene rings is 2. The molecule has 0 aliphatic rings. The van der Waals surface area contributed by atoms with Gasteiger partial charge in [0.25, 0.3) is 10.0 Å². The van der Waals surface area contributed by atoms with Gasteiger partial charge in [0.15, 0.2) is 0 Å². The van der Waals surface area contributed by atoms with Crippen molar-refractivity contribution in [2.45, 2.75) is 44.0 Å². The van der Waals surface area contributed by atoms with Crippen molar-refractivity contribution < 1.29 is 22.1 Å². The Morgan fingerprint density at radius 2 is 1.72 bits per heavy atom. The van der Waals surface area contributed by atoms with Crippen LogP contribution in [-0.4, -0.2) is 37.7 Å². The molecule has 1 atom stereocenters. The Bertz CT molecular complexity index is 1260. The zero-order valence-electron chi connectivity index (χ0n) is 20.2. The summed E-state index contributed by atoms with van der Waals surface area (Å²) in [5.41, 5.74) is 11.7. The molecule has 3 rings (SSSR count). The smallest absolute Gasteiger partial charge is 0.261 e. The van der Waals surface area contributed by atoms with Gasteiger partial charge in [0.2, 0.25) is 17.6 Å². The summed E-state index contributed by atoms with van der Waals surface area (Å²) in [5, 5.41) is 6.55. The van der Waals surface area contributed by atoms with Crippen LogP contribution < -0.4 is 21.5 Å². The van der Waals surface area contributed by atoms with E-state index in [0.29, 0.717) is 41.6 Å². The van der Waals surface area contributed by atoms with Gasteiger partial charge in [-0.3, -0.25) is 9.52 Å². The highest BCUT2D eigenvalue weighted by Crippen LogP contribution is 2.24. The number of hydrogen-bond acceptors (Lipinski definition) is 8. The van der Waals surface area contributed by atoms with Crippen molar-refractivity contribution in [1.82, 2.24) is 10.1 Å². The second-order valence-corrected chi connectivity index (χ2v) is 10.7. The summed E-state index contributed by atoms with van der Waals surface area (Å²) in [6.07, 6.45) is 2.38. The van der Waals surface area contributed by atoms with Crippen LogP contribution in [0, 0.1) is 5.41 Å². The van der Waals surface area contributed by atoms with Crippen molar-refractivity contribution >= 4 is 27.3 Å². The summed E-state index contributed by atoms with van der Waals surface area (Å²) in [7, 11) is -3.88. The number of rotatable bonds is 12. The van der Waals surface area contributed by atoms with E-state index in [1.54, 1.807) is 12.1 Å². The molecule has 0 aliphatic carbocycles. The molecule has 0 spiro atoms. The normalized spacial score (nSPS) is 12.8. The van der Waals surface area contributed by atoms with E-state index in [4.69, 9.17) is 16.0 Å². The summed E-state index contributed by atoms with van der Waals surface area (Å²) < 4.78 is 46.3. The van der Waals surface area contributed by atoms with Gasteiger partial charge in [-0.05, 0) is 81.8 Å². The molecule has 0 radical (unpaired) electrons. The zero-order valence-corrected chi connectivity index (χ0v) is 21.0. The lowest BCUT2D eigenvalue weighted by molar-refractivity contribution is -0.124. The van der Waals surface area contributed by atoms with E-state index < -0.39 is 34.1 Å². The Balaban J connectivity index is 1.64. The highest BCUT2D eigenvalue weighted by molar-refractivity contribution is 7.92. The number of halogens is 1. The topological polar surface area (TPSA) is 166 Å². The Morgan fingerprint density at radius 3 is 2.33 bits per heavy atom. The number of alkyl halides is 1. The van der Waals surface area contributed by atoms with Gasteiger partial charge in [0.05, 0.1) is 16.4 Å². The Morgan fingerprint density at radius 1 is 1.08 bits per heavy atom. The fraction of sp³-hybridized carbons (Fsp3) is 0.375. The Labute approximate surface area is 209 Å². The largest absolute Gasteiger partial charge is 0.337 e. The molecule has 0 aliphatic heterocycles. The van der Waals surface area contributed by atoms with Gasteiger partial charge in [-0.1, -0.05) is 11.6 Å². The summed E-state index contributed by atoms with van der Waals surface area (Å²) >= 11 is 0. The van der Waals surface area contributed by atoms with Crippen LogP contribution in [0.2, 0.25) is 0 Å². The number of nitrogens with one attached hydrogen (secondary N) is 2. The van der Waals surface area contributed by atoms with Crippen molar-refractivity contribution in [2.75, 3.05) is 23.3 Å². The lowest BCUT2D eigenvalue weighted by Gasteiger charge is -2.19. The summed E-state index contributed by atoms with van der Waals surface area (Å²) in [6.45, 7) is 2.78. The van der Waals surface area contributed by atoms with Crippen LogP contribution in [-0.2, 0) is 14.8 Å². The van der Waals surface area contributed by atoms with Gasteiger partial charge in [-0.25, -0.2) is 12.8 Å². The number of amides is 1. The number of carbonyl (C=O) groups excluding carboxylic acids is 1. The second-order valence-electron chi connectivity index (χ2n) is 9.03. The monoisotopic (exact) mass is 518 g/mol. The van der Waals surface area contributed by atoms with E-state index in [9.17, 15) is 17.6 Å². The molecule has 10 nitrogen and oxygen atoms in total. The molecular weight excluding hydrogens is 487 g/mol. The Kier molecular flexibility index (Phi) is 8.77. The maximum absolute atomic E-state index is 13.0. The number of carbonyl (C=O) groups is 1. The molecule has 0 unspecified atom stereocenters. The fourth-order valence-electron chi connectivity index (χ4n) is 3.11. The van der Waals surface area contributed by atoms with Crippen LogP contribution in [0.5, 0.6) is 0 Å². The van der Waals surface area contributed by atoms with Crippen LogP contribution in [0.1, 0.15) is 45.0 Å². The van der Waals surface area contributed by atoms with E-state index in [2.05, 4.69) is 20.2 Å². The summed E-state index contributed by atoms with van der Waals surface area (Å²) in [6, 6.07) is 11.7. The third kappa shape index (κ3) is 6.86. The standard InChI is InChI=1S/C24H31FN6O4S/c1-24(2,15-25)23(32)28-17-8-10-18(11-9-17)31-36(33,34)19-12-6-16(7-13-19)21-29-22(35-30-21)20(27)5-3-4-14-26/h6-13,20,31H,3-5,14-15,26-27H2,1-2H3,(H,28,32)/t20-/m0/s1. The highest BCUT2D eigenvalue weighted by atomic mass is 32.2. The molecule has 6 N–H and O–H groups in total. The van der Waals surface area contributed by atoms with Gasteiger partial charge in [-0.2, -0.15) is 4.98 Å². The maximum Gasteiger partial charge on any atom is 0.261 e. The van der Waals surface area contributed by atoms with Crippen LogP contribution in [0.25, 0.3) is 11.4 Å². The Hall–Kier alpha value is -3.35. The van der Waals surface area contributed by atoms with Gasteiger partial charge >= 0.3 is 0 Å². The second kappa shape index (κ2) is 11.6. The van der Waals surface area contributed by atoms with Gasteiger partial charge in [-0.15, -0.1) is 0 Å². The van der Waals surface area contributed by atoms with Crippen LogP contribution in [0.4, 0.5) is 15.8 Å². The van der Waals surface area contributed by atoms with Crippen LogP contribution in [0.15, 0.2) is 57.9 Å². The predicted octanol–water partition coefficient (Wildman–Crippen LogP) is 3.60. The third-order valence-corrected chi connectivity index (χ3v) is 6.89. The minimum Gasteiger partial charge on any atom is -0.337 e. The molecule has 12 heteroatoms. The third-order valence-electron chi connectivity index (χ3n) is 5.49. The average molecular weight is 519 g/mol. The number of hydrogen-bond donors (Lipinski definition) is 4. The van der Waals surface area contributed by atoms with E-state index >= 15 is 0 Å². The summed E-state index contributed by atoms with van der Waals surface area (Å²) in [4.78, 5) is 16.4. The SMILES string of the molecule is CC(C)(CF)C(=O)Nc1ccc(NS(=O)(=O)c2ccc(-c3noc([C@@H](N)CCCCN)n3)cc2)cc1. The molecular formula is C24H31FN6O4S. The molecule has 2 aromatic carbocycles. The zero-order chi connectivity index (χ0) is 26.3. The molecule has 1 aromatic heterocycles. The van der Waals surface area contributed by atoms with E-state index in [1.807, 2.05) is 0 Å². The molecule has 1 amide bonds. The highest BCUT2D eigenvalue weighted by Gasteiger charge is 2.27. The first kappa shape index (κ1) is 27.2. The first-order valence-electron chi connectivity index (χ1n) is 11.5. The van der Waals surface area contributed by atoms with Crippen molar-refractivity contribution in [3.8, 4) is 11.4 Å². The number of sulfonamides is 1. The molecule has 36 heavy (non-hydrogen) atoms. The van der Waals surface area contributed by atoms with E-state index in [-0.39, 0.29) is 4.90 Å². The van der Waals surface area contributed by atoms with Gasteiger partial charge in [0.1, 0.15) is 6.67 Å². The lowest BCUT2D eigenvalue weighted by atomic mass is 9.94. The molecule has 194 valence electrons.